The number of anilines is 2. The summed E-state index contributed by atoms with van der Waals surface area (Å²) in [5, 5.41) is 3.21. The number of nitrogens with one attached hydrogen (secondary N) is 1. The van der Waals surface area contributed by atoms with Crippen LogP contribution < -0.4 is 19.7 Å². The van der Waals surface area contributed by atoms with Gasteiger partial charge in [-0.3, -0.25) is 9.78 Å². The second-order valence-corrected chi connectivity index (χ2v) is 9.81. The molecule has 0 atom stereocenters. The number of ether oxygens (including phenoxy) is 2. The van der Waals surface area contributed by atoms with Gasteiger partial charge in [0.05, 0.1) is 13.2 Å². The normalized spacial score (nSPS) is 16.1. The van der Waals surface area contributed by atoms with E-state index in [0.717, 1.165) is 54.1 Å². The second-order valence-electron chi connectivity index (χ2n) is 9.81. The standard InChI is InChI=1S/C30H35N3O3/c1-35-28-16-15-26(19-29(28)36-27-13-4-5-14-27)33(21-22-8-7-17-31-20-22)25-12-6-9-23(18-25)30(34)32-24-10-2-3-11-24/h6-9,12,15-20,24,27H,2-5,10-11,13-14,21H2,1H3,(H,32,34). The van der Waals surface area contributed by atoms with Crippen molar-refractivity contribution in [3.05, 3.63) is 78.1 Å². The molecule has 0 unspecified atom stereocenters. The highest BCUT2D eigenvalue weighted by atomic mass is 16.5. The molecule has 2 aliphatic carbocycles. The molecule has 0 bridgehead atoms. The molecule has 36 heavy (non-hydrogen) atoms. The van der Waals surface area contributed by atoms with Crippen molar-refractivity contribution in [2.45, 2.75) is 70.1 Å². The highest BCUT2D eigenvalue weighted by molar-refractivity contribution is 5.95. The zero-order chi connectivity index (χ0) is 24.7. The van der Waals surface area contributed by atoms with Crippen LogP contribution >= 0.6 is 0 Å². The van der Waals surface area contributed by atoms with Crippen molar-refractivity contribution in [2.75, 3.05) is 12.0 Å². The summed E-state index contributed by atoms with van der Waals surface area (Å²) in [6, 6.07) is 18.2. The first-order valence-electron chi connectivity index (χ1n) is 13.1. The molecule has 3 aromatic rings. The van der Waals surface area contributed by atoms with Crippen molar-refractivity contribution in [1.82, 2.24) is 10.3 Å². The fraction of sp³-hybridized carbons (Fsp3) is 0.400. The summed E-state index contributed by atoms with van der Waals surface area (Å²) in [7, 11) is 1.68. The van der Waals surface area contributed by atoms with Crippen LogP contribution in [0.2, 0.25) is 0 Å². The van der Waals surface area contributed by atoms with Crippen LogP contribution in [0.4, 0.5) is 11.4 Å². The molecular weight excluding hydrogens is 450 g/mol. The maximum absolute atomic E-state index is 13.0. The predicted octanol–water partition coefficient (Wildman–Crippen LogP) is 6.42. The zero-order valence-corrected chi connectivity index (χ0v) is 21.0. The Morgan fingerprint density at radius 1 is 0.944 bits per heavy atom. The first kappa shape index (κ1) is 24.2. The van der Waals surface area contributed by atoms with Crippen LogP contribution in [0.1, 0.15) is 67.3 Å². The van der Waals surface area contributed by atoms with Gasteiger partial charge in [-0.2, -0.15) is 0 Å². The lowest BCUT2D eigenvalue weighted by atomic mass is 10.1. The van der Waals surface area contributed by atoms with Gasteiger partial charge >= 0.3 is 0 Å². The maximum atomic E-state index is 13.0. The van der Waals surface area contributed by atoms with Gasteiger partial charge < -0.3 is 19.7 Å². The Morgan fingerprint density at radius 2 is 1.72 bits per heavy atom. The van der Waals surface area contributed by atoms with E-state index in [9.17, 15) is 4.79 Å². The number of carbonyl (C=O) groups excluding carboxylic acids is 1. The smallest absolute Gasteiger partial charge is 0.251 e. The Hall–Kier alpha value is -3.54. The third-order valence-corrected chi connectivity index (χ3v) is 7.23. The molecule has 1 aromatic heterocycles. The minimum atomic E-state index is -0.00920. The number of hydrogen-bond donors (Lipinski definition) is 1. The fourth-order valence-electron chi connectivity index (χ4n) is 5.27. The number of pyridine rings is 1. The summed E-state index contributed by atoms with van der Waals surface area (Å²) >= 11 is 0. The van der Waals surface area contributed by atoms with E-state index in [1.807, 2.05) is 48.7 Å². The van der Waals surface area contributed by atoms with Crippen LogP contribution in [0, 0.1) is 0 Å². The first-order valence-corrected chi connectivity index (χ1v) is 13.1. The minimum absolute atomic E-state index is 0.00920. The predicted molar refractivity (Wildman–Crippen MR) is 142 cm³/mol. The lowest BCUT2D eigenvalue weighted by Crippen LogP contribution is -2.32. The van der Waals surface area contributed by atoms with Crippen molar-refractivity contribution >= 4 is 17.3 Å². The van der Waals surface area contributed by atoms with E-state index in [2.05, 4.69) is 27.3 Å². The lowest BCUT2D eigenvalue weighted by Gasteiger charge is -2.27. The van der Waals surface area contributed by atoms with E-state index in [4.69, 9.17) is 9.47 Å². The topological polar surface area (TPSA) is 63.7 Å². The van der Waals surface area contributed by atoms with Gasteiger partial charge in [-0.1, -0.05) is 25.0 Å². The molecule has 0 radical (unpaired) electrons. The number of aromatic nitrogens is 1. The molecule has 5 rings (SSSR count). The molecule has 1 N–H and O–H groups in total. The molecular formula is C30H35N3O3. The summed E-state index contributed by atoms with van der Waals surface area (Å²) < 4.78 is 12.0. The zero-order valence-electron chi connectivity index (χ0n) is 21.0. The SMILES string of the molecule is COc1ccc(N(Cc2cccnc2)c2cccc(C(=O)NC3CCCC3)c2)cc1OC1CCCC1. The third kappa shape index (κ3) is 5.81. The summed E-state index contributed by atoms with van der Waals surface area (Å²) in [4.78, 5) is 19.5. The highest BCUT2D eigenvalue weighted by Crippen LogP contribution is 2.38. The van der Waals surface area contributed by atoms with E-state index in [1.165, 1.54) is 25.7 Å². The molecule has 0 aliphatic heterocycles. The molecule has 2 aliphatic rings. The van der Waals surface area contributed by atoms with E-state index in [1.54, 1.807) is 13.3 Å². The van der Waals surface area contributed by atoms with Gasteiger partial charge in [-0.15, -0.1) is 0 Å². The third-order valence-electron chi connectivity index (χ3n) is 7.23. The summed E-state index contributed by atoms with van der Waals surface area (Å²) in [6.07, 6.45) is 12.9. The number of hydrogen-bond acceptors (Lipinski definition) is 5. The molecule has 0 saturated heterocycles. The molecule has 6 nitrogen and oxygen atoms in total. The average molecular weight is 486 g/mol. The maximum Gasteiger partial charge on any atom is 0.251 e. The molecule has 2 fully saturated rings. The van der Waals surface area contributed by atoms with Gasteiger partial charge in [0.1, 0.15) is 0 Å². The van der Waals surface area contributed by atoms with Crippen LogP contribution in [0.15, 0.2) is 67.0 Å². The minimum Gasteiger partial charge on any atom is -0.493 e. The number of nitrogens with zero attached hydrogens (tertiary/aromatic N) is 2. The monoisotopic (exact) mass is 485 g/mol. The van der Waals surface area contributed by atoms with Crippen LogP contribution in [0.3, 0.4) is 0 Å². The number of rotatable bonds is 9. The molecule has 1 heterocycles. The van der Waals surface area contributed by atoms with E-state index < -0.39 is 0 Å². The van der Waals surface area contributed by atoms with Crippen LogP contribution in [0.25, 0.3) is 0 Å². The Morgan fingerprint density at radius 3 is 2.47 bits per heavy atom. The van der Waals surface area contributed by atoms with Gasteiger partial charge in [0.15, 0.2) is 11.5 Å². The Bertz CT molecular complexity index is 1160. The molecule has 188 valence electrons. The van der Waals surface area contributed by atoms with Gasteiger partial charge in [-0.25, -0.2) is 0 Å². The number of methoxy groups -OCH3 is 1. The quantitative estimate of drug-likeness (QED) is 0.379. The van der Waals surface area contributed by atoms with Gasteiger partial charge in [-0.05, 0) is 80.5 Å². The Labute approximate surface area is 213 Å². The van der Waals surface area contributed by atoms with Crippen LogP contribution in [-0.2, 0) is 6.54 Å². The van der Waals surface area contributed by atoms with Gasteiger partial charge in [0.2, 0.25) is 0 Å². The number of benzene rings is 2. The summed E-state index contributed by atoms with van der Waals surface area (Å²) in [6.45, 7) is 0.608. The van der Waals surface area contributed by atoms with E-state index in [-0.39, 0.29) is 18.1 Å². The molecule has 1 amide bonds. The molecule has 2 saturated carbocycles. The van der Waals surface area contributed by atoms with E-state index >= 15 is 0 Å². The van der Waals surface area contributed by atoms with Crippen molar-refractivity contribution in [3.63, 3.8) is 0 Å². The van der Waals surface area contributed by atoms with Crippen molar-refractivity contribution in [1.29, 1.82) is 0 Å². The molecule has 2 aromatic carbocycles. The number of amides is 1. The van der Waals surface area contributed by atoms with Gasteiger partial charge in [0, 0.05) is 48.0 Å². The van der Waals surface area contributed by atoms with Crippen molar-refractivity contribution in [2.24, 2.45) is 0 Å². The van der Waals surface area contributed by atoms with Crippen LogP contribution in [-0.4, -0.2) is 30.1 Å². The largest absolute Gasteiger partial charge is 0.493 e. The Kier molecular flexibility index (Phi) is 7.70. The Balaban J connectivity index is 1.47. The first-order chi connectivity index (χ1) is 17.7. The fourth-order valence-corrected chi connectivity index (χ4v) is 5.27. The second kappa shape index (κ2) is 11.5. The average Bonchev–Trinajstić information content (AvgIpc) is 3.63. The van der Waals surface area contributed by atoms with Crippen LogP contribution in [0.5, 0.6) is 11.5 Å². The lowest BCUT2D eigenvalue weighted by molar-refractivity contribution is 0.0938. The summed E-state index contributed by atoms with van der Waals surface area (Å²) in [5.41, 5.74) is 3.66. The molecule has 6 heteroatoms. The van der Waals surface area contributed by atoms with E-state index in [0.29, 0.717) is 12.1 Å². The highest BCUT2D eigenvalue weighted by Gasteiger charge is 2.22. The van der Waals surface area contributed by atoms with Crippen molar-refractivity contribution in [3.8, 4) is 11.5 Å². The molecule has 0 spiro atoms. The summed E-state index contributed by atoms with van der Waals surface area (Å²) in [5.74, 6) is 1.48. The van der Waals surface area contributed by atoms with Gasteiger partial charge in [0.25, 0.3) is 5.91 Å². The number of carbonyl (C=O) groups is 1. The van der Waals surface area contributed by atoms with Crippen molar-refractivity contribution < 1.29 is 14.3 Å².